The lowest BCUT2D eigenvalue weighted by molar-refractivity contribution is -0.121. The number of amides is 1. The van der Waals surface area contributed by atoms with Gasteiger partial charge >= 0.3 is 0 Å². The molecule has 0 bridgehead atoms. The van der Waals surface area contributed by atoms with Crippen LogP contribution in [-0.2, 0) is 4.79 Å². The second-order valence-corrected chi connectivity index (χ2v) is 4.32. The van der Waals surface area contributed by atoms with Crippen LogP contribution in [0, 0.1) is 0 Å². The molecule has 1 atom stereocenters. The molecular weight excluding hydrogens is 214 g/mol. The molecule has 0 aliphatic heterocycles. The van der Waals surface area contributed by atoms with Gasteiger partial charge in [-0.3, -0.25) is 9.59 Å². The lowest BCUT2D eigenvalue weighted by atomic mass is 9.90. The number of benzene rings is 1. The Morgan fingerprint density at radius 3 is 2.65 bits per heavy atom. The van der Waals surface area contributed by atoms with E-state index in [1.165, 1.54) is 0 Å². The minimum atomic E-state index is -0.354. The lowest BCUT2D eigenvalue weighted by Crippen LogP contribution is -2.42. The van der Waals surface area contributed by atoms with Crippen molar-refractivity contribution >= 4 is 11.7 Å². The maximum atomic E-state index is 11.9. The first-order chi connectivity index (χ1) is 8.16. The number of rotatable bonds is 2. The van der Waals surface area contributed by atoms with Crippen molar-refractivity contribution < 1.29 is 9.59 Å². The van der Waals surface area contributed by atoms with Gasteiger partial charge < -0.3 is 5.32 Å². The topological polar surface area (TPSA) is 46.2 Å². The summed E-state index contributed by atoms with van der Waals surface area (Å²) in [5, 5.41) is 2.78. The Hall–Kier alpha value is -1.90. The van der Waals surface area contributed by atoms with Gasteiger partial charge in [-0.2, -0.15) is 0 Å². The van der Waals surface area contributed by atoms with E-state index in [0.717, 1.165) is 12.0 Å². The summed E-state index contributed by atoms with van der Waals surface area (Å²) in [7, 11) is 0. The first-order valence-electron chi connectivity index (χ1n) is 5.72. The van der Waals surface area contributed by atoms with Gasteiger partial charge in [-0.15, -0.1) is 0 Å². The summed E-state index contributed by atoms with van der Waals surface area (Å²) in [5.41, 5.74) is 1.55. The minimum absolute atomic E-state index is 0.0607. The highest BCUT2D eigenvalue weighted by Gasteiger charge is 2.25. The van der Waals surface area contributed by atoms with Gasteiger partial charge in [-0.05, 0) is 25.0 Å². The summed E-state index contributed by atoms with van der Waals surface area (Å²) >= 11 is 0. The van der Waals surface area contributed by atoms with Gasteiger partial charge in [0.2, 0.25) is 0 Å². The third-order valence-corrected chi connectivity index (χ3v) is 2.94. The van der Waals surface area contributed by atoms with E-state index in [4.69, 9.17) is 0 Å². The fourth-order valence-corrected chi connectivity index (χ4v) is 1.95. The monoisotopic (exact) mass is 229 g/mol. The van der Waals surface area contributed by atoms with Crippen LogP contribution in [-0.4, -0.2) is 17.7 Å². The quantitative estimate of drug-likeness (QED) is 0.789. The molecule has 1 unspecified atom stereocenters. The zero-order valence-electron chi connectivity index (χ0n) is 9.61. The molecule has 1 aromatic rings. The fraction of sp³-hybridized carbons (Fsp3) is 0.286. The van der Waals surface area contributed by atoms with Gasteiger partial charge in [0.15, 0.2) is 5.78 Å². The molecule has 0 spiro atoms. The molecule has 17 heavy (non-hydrogen) atoms. The highest BCUT2D eigenvalue weighted by molar-refractivity contribution is 5.98. The molecule has 1 N–H and O–H groups in total. The van der Waals surface area contributed by atoms with Crippen LogP contribution in [0.1, 0.15) is 29.6 Å². The van der Waals surface area contributed by atoms with E-state index in [0.29, 0.717) is 18.4 Å². The summed E-state index contributed by atoms with van der Waals surface area (Å²) in [4.78, 5) is 23.6. The molecule has 3 nitrogen and oxygen atoms in total. The maximum Gasteiger partial charge on any atom is 0.251 e. The molecule has 0 saturated heterocycles. The summed E-state index contributed by atoms with van der Waals surface area (Å²) in [6.45, 7) is 3.80. The van der Waals surface area contributed by atoms with Crippen LogP contribution in [0.15, 0.2) is 42.5 Å². The van der Waals surface area contributed by atoms with Crippen LogP contribution in [0.5, 0.6) is 0 Å². The molecule has 1 saturated carbocycles. The van der Waals surface area contributed by atoms with Crippen molar-refractivity contribution in [2.45, 2.75) is 25.3 Å². The van der Waals surface area contributed by atoms with Gasteiger partial charge in [0.05, 0.1) is 6.04 Å². The molecule has 0 radical (unpaired) electrons. The number of nitrogens with one attached hydrogen (secondary N) is 1. The fourth-order valence-electron chi connectivity index (χ4n) is 1.95. The molecule has 1 aliphatic carbocycles. The Morgan fingerprint density at radius 1 is 1.29 bits per heavy atom. The molecule has 88 valence electrons. The van der Waals surface area contributed by atoms with E-state index in [2.05, 4.69) is 11.9 Å². The molecule has 1 amide bonds. The number of carbonyl (C=O) groups is 2. The third-order valence-electron chi connectivity index (χ3n) is 2.94. The number of hydrogen-bond donors (Lipinski definition) is 1. The number of allylic oxidation sites excluding steroid dienone is 1. The number of Topliss-reactive ketones (excluding diaryl/α,β-unsaturated/α-hetero) is 1. The second kappa shape index (κ2) is 4.95. The zero-order valence-corrected chi connectivity index (χ0v) is 9.61. The normalized spacial score (nSPS) is 20.1. The SMILES string of the molecule is C=C1CCC(NC(=O)c2ccccc2)C(=O)C1. The Kier molecular flexibility index (Phi) is 3.38. The summed E-state index contributed by atoms with van der Waals surface area (Å²) in [6, 6.07) is 8.59. The number of ketones is 1. The van der Waals surface area contributed by atoms with E-state index in [-0.39, 0.29) is 17.7 Å². The van der Waals surface area contributed by atoms with E-state index in [1.807, 2.05) is 6.07 Å². The molecular formula is C14H15NO2. The third kappa shape index (κ3) is 2.81. The van der Waals surface area contributed by atoms with Crippen LogP contribution < -0.4 is 5.32 Å². The smallest absolute Gasteiger partial charge is 0.251 e. The molecule has 0 heterocycles. The average Bonchev–Trinajstić information content (AvgIpc) is 2.34. The van der Waals surface area contributed by atoms with Crippen molar-refractivity contribution in [3.8, 4) is 0 Å². The minimum Gasteiger partial charge on any atom is -0.342 e. The number of hydrogen-bond acceptors (Lipinski definition) is 2. The molecule has 1 fully saturated rings. The van der Waals surface area contributed by atoms with Gasteiger partial charge in [-0.25, -0.2) is 0 Å². The van der Waals surface area contributed by atoms with E-state index < -0.39 is 0 Å². The van der Waals surface area contributed by atoms with Crippen molar-refractivity contribution in [3.63, 3.8) is 0 Å². The predicted octanol–water partition coefficient (Wildman–Crippen LogP) is 2.09. The summed E-state index contributed by atoms with van der Waals surface area (Å²) < 4.78 is 0. The highest BCUT2D eigenvalue weighted by Crippen LogP contribution is 2.19. The maximum absolute atomic E-state index is 11.9. The summed E-state index contributed by atoms with van der Waals surface area (Å²) in [5.74, 6) is -0.123. The standard InChI is InChI=1S/C14H15NO2/c1-10-7-8-12(13(16)9-10)15-14(17)11-5-3-2-4-6-11/h2-6,12H,1,7-9H2,(H,15,17). The van der Waals surface area contributed by atoms with Crippen molar-refractivity contribution in [2.75, 3.05) is 0 Å². The van der Waals surface area contributed by atoms with Crippen LogP contribution in [0.3, 0.4) is 0 Å². The molecule has 0 aromatic heterocycles. The molecule has 2 rings (SSSR count). The first kappa shape index (κ1) is 11.6. The van der Waals surface area contributed by atoms with Crippen molar-refractivity contribution in [3.05, 3.63) is 48.0 Å². The average molecular weight is 229 g/mol. The van der Waals surface area contributed by atoms with Crippen molar-refractivity contribution in [1.29, 1.82) is 0 Å². The van der Waals surface area contributed by atoms with Crippen LogP contribution in [0.2, 0.25) is 0 Å². The van der Waals surface area contributed by atoms with Gasteiger partial charge in [0.25, 0.3) is 5.91 Å². The molecule has 3 heteroatoms. The Bertz CT molecular complexity index is 451. The summed E-state index contributed by atoms with van der Waals surface area (Å²) in [6.07, 6.45) is 1.86. The predicted molar refractivity (Wildman–Crippen MR) is 65.7 cm³/mol. The first-order valence-corrected chi connectivity index (χ1v) is 5.72. The lowest BCUT2D eigenvalue weighted by Gasteiger charge is -2.23. The Morgan fingerprint density at radius 2 is 2.00 bits per heavy atom. The Labute approximate surface area is 101 Å². The van der Waals surface area contributed by atoms with E-state index in [1.54, 1.807) is 24.3 Å². The van der Waals surface area contributed by atoms with Crippen LogP contribution >= 0.6 is 0 Å². The van der Waals surface area contributed by atoms with Crippen molar-refractivity contribution in [1.82, 2.24) is 5.32 Å². The largest absolute Gasteiger partial charge is 0.342 e. The van der Waals surface area contributed by atoms with Gasteiger partial charge in [-0.1, -0.05) is 30.4 Å². The van der Waals surface area contributed by atoms with E-state index in [9.17, 15) is 9.59 Å². The molecule has 1 aromatic carbocycles. The van der Waals surface area contributed by atoms with Crippen molar-refractivity contribution in [2.24, 2.45) is 0 Å². The highest BCUT2D eigenvalue weighted by atomic mass is 16.2. The number of carbonyl (C=O) groups excluding carboxylic acids is 2. The van der Waals surface area contributed by atoms with Gasteiger partial charge in [0, 0.05) is 12.0 Å². The molecule has 1 aliphatic rings. The second-order valence-electron chi connectivity index (χ2n) is 4.32. The Balaban J connectivity index is 2.00. The van der Waals surface area contributed by atoms with Crippen LogP contribution in [0.4, 0.5) is 0 Å². The van der Waals surface area contributed by atoms with Gasteiger partial charge in [0.1, 0.15) is 0 Å². The zero-order chi connectivity index (χ0) is 12.3. The van der Waals surface area contributed by atoms with E-state index >= 15 is 0 Å². The van der Waals surface area contributed by atoms with Crippen LogP contribution in [0.25, 0.3) is 0 Å².